The topological polar surface area (TPSA) is 49.8 Å². The van der Waals surface area contributed by atoms with E-state index in [0.29, 0.717) is 17.8 Å². The molecule has 1 heterocycles. The molecule has 0 aromatic heterocycles. The first-order valence-electron chi connectivity index (χ1n) is 8.82. The van der Waals surface area contributed by atoms with E-state index in [1.807, 2.05) is 18.2 Å². The molecule has 132 valence electrons. The number of carboxylic acid groups (broad SMARTS) is 1. The van der Waals surface area contributed by atoms with Crippen LogP contribution in [0.5, 0.6) is 5.75 Å². The summed E-state index contributed by atoms with van der Waals surface area (Å²) in [5.41, 5.74) is 1.47. The fourth-order valence-electron chi connectivity index (χ4n) is 4.32. The highest BCUT2D eigenvalue weighted by Crippen LogP contribution is 2.48. The first-order chi connectivity index (χ1) is 11.5. The lowest BCUT2D eigenvalue weighted by atomic mass is 9.65. The second-order valence-corrected chi connectivity index (χ2v) is 7.75. The minimum absolute atomic E-state index is 0.335. The number of ether oxygens (including phenoxy) is 1. The van der Waals surface area contributed by atoms with Crippen molar-refractivity contribution in [2.24, 2.45) is 11.3 Å². The summed E-state index contributed by atoms with van der Waals surface area (Å²) in [6.07, 6.45) is 7.13. The molecule has 1 aliphatic carbocycles. The summed E-state index contributed by atoms with van der Waals surface area (Å²) >= 11 is 6.38. The number of piperidine rings is 1. The van der Waals surface area contributed by atoms with E-state index >= 15 is 0 Å². The zero-order valence-electron chi connectivity index (χ0n) is 14.3. The molecule has 1 N–H and O–H groups in total. The second kappa shape index (κ2) is 7.22. The van der Waals surface area contributed by atoms with E-state index in [4.69, 9.17) is 21.4 Å². The smallest absolute Gasteiger partial charge is 0.303 e. The Morgan fingerprint density at radius 3 is 2.54 bits per heavy atom. The van der Waals surface area contributed by atoms with E-state index in [9.17, 15) is 4.79 Å². The summed E-state index contributed by atoms with van der Waals surface area (Å²) < 4.78 is 5.32. The molecule has 1 aliphatic heterocycles. The third-order valence-corrected chi connectivity index (χ3v) is 6.27. The van der Waals surface area contributed by atoms with E-state index in [1.165, 1.54) is 25.7 Å². The Labute approximate surface area is 148 Å². The molecule has 4 nitrogen and oxygen atoms in total. The van der Waals surface area contributed by atoms with Crippen LogP contribution < -0.4 is 9.64 Å². The van der Waals surface area contributed by atoms with Gasteiger partial charge in [-0.15, -0.1) is 0 Å². The van der Waals surface area contributed by atoms with Gasteiger partial charge in [-0.3, -0.25) is 4.79 Å². The Morgan fingerprint density at radius 2 is 1.96 bits per heavy atom. The number of methoxy groups -OCH3 is 1. The van der Waals surface area contributed by atoms with Crippen LogP contribution >= 0.6 is 11.6 Å². The standard InChI is InChI=1S/C19H26ClNO3/c1-24-15-2-3-16(20)17(13-15)21-10-8-19(9-11-21)6-4-14(5-7-19)12-18(22)23/h2-3,13-14H,4-12H2,1H3,(H,22,23). The number of halogens is 1. The van der Waals surface area contributed by atoms with Gasteiger partial charge in [-0.05, 0) is 62.0 Å². The van der Waals surface area contributed by atoms with Gasteiger partial charge in [0, 0.05) is 25.6 Å². The van der Waals surface area contributed by atoms with Crippen molar-refractivity contribution < 1.29 is 14.6 Å². The van der Waals surface area contributed by atoms with Gasteiger partial charge in [0.1, 0.15) is 5.75 Å². The first-order valence-corrected chi connectivity index (χ1v) is 9.19. The Morgan fingerprint density at radius 1 is 1.29 bits per heavy atom. The van der Waals surface area contributed by atoms with Gasteiger partial charge < -0.3 is 14.7 Å². The molecule has 5 heteroatoms. The van der Waals surface area contributed by atoms with Crippen molar-refractivity contribution in [1.29, 1.82) is 0 Å². The molecule has 24 heavy (non-hydrogen) atoms. The minimum atomic E-state index is -0.654. The van der Waals surface area contributed by atoms with Crippen molar-refractivity contribution in [2.75, 3.05) is 25.1 Å². The van der Waals surface area contributed by atoms with Crippen molar-refractivity contribution in [1.82, 2.24) is 0 Å². The highest BCUT2D eigenvalue weighted by atomic mass is 35.5. The van der Waals surface area contributed by atoms with Crippen LogP contribution in [0, 0.1) is 11.3 Å². The number of hydrogen-bond acceptors (Lipinski definition) is 3. The molecule has 0 bridgehead atoms. The molecule has 1 spiro atoms. The van der Waals surface area contributed by atoms with E-state index in [0.717, 1.165) is 42.4 Å². The lowest BCUT2D eigenvalue weighted by Gasteiger charge is -2.46. The number of anilines is 1. The van der Waals surface area contributed by atoms with Crippen molar-refractivity contribution in [3.63, 3.8) is 0 Å². The first kappa shape index (κ1) is 17.4. The quantitative estimate of drug-likeness (QED) is 0.861. The van der Waals surface area contributed by atoms with Gasteiger partial charge in [0.05, 0.1) is 17.8 Å². The molecule has 2 aliphatic rings. The summed E-state index contributed by atoms with van der Waals surface area (Å²) in [4.78, 5) is 13.3. The molecule has 1 aromatic carbocycles. The summed E-state index contributed by atoms with van der Waals surface area (Å²) in [5, 5.41) is 9.74. The minimum Gasteiger partial charge on any atom is -0.497 e. The van der Waals surface area contributed by atoms with Gasteiger partial charge in [-0.25, -0.2) is 0 Å². The Balaban J connectivity index is 1.59. The lowest BCUT2D eigenvalue weighted by Crippen LogP contribution is -2.42. The number of nitrogens with zero attached hydrogens (tertiary/aromatic N) is 1. The largest absolute Gasteiger partial charge is 0.497 e. The number of aliphatic carboxylic acids is 1. The van der Waals surface area contributed by atoms with Gasteiger partial charge in [-0.1, -0.05) is 11.6 Å². The molecule has 1 aromatic rings. The van der Waals surface area contributed by atoms with Crippen molar-refractivity contribution in [3.8, 4) is 5.75 Å². The average molecular weight is 352 g/mol. The summed E-state index contributed by atoms with van der Waals surface area (Å²) in [5.74, 6) is 0.557. The molecule has 2 fully saturated rings. The zero-order chi connectivity index (χ0) is 17.2. The highest BCUT2D eigenvalue weighted by molar-refractivity contribution is 6.33. The lowest BCUT2D eigenvalue weighted by molar-refractivity contribution is -0.138. The number of hydrogen-bond donors (Lipinski definition) is 1. The van der Waals surface area contributed by atoms with Crippen molar-refractivity contribution in [2.45, 2.75) is 44.9 Å². The van der Waals surface area contributed by atoms with Gasteiger partial charge in [0.25, 0.3) is 0 Å². The normalized spacial score (nSPS) is 21.0. The maximum atomic E-state index is 10.9. The van der Waals surface area contributed by atoms with Gasteiger partial charge >= 0.3 is 5.97 Å². The number of carbonyl (C=O) groups is 1. The third kappa shape index (κ3) is 3.80. The molecule has 3 rings (SSSR count). The van der Waals surface area contributed by atoms with Gasteiger partial charge in [-0.2, -0.15) is 0 Å². The number of carboxylic acids is 1. The van der Waals surface area contributed by atoms with Crippen LogP contribution in [0.3, 0.4) is 0 Å². The molecule has 1 saturated carbocycles. The Kier molecular flexibility index (Phi) is 5.24. The highest BCUT2D eigenvalue weighted by Gasteiger charge is 2.38. The second-order valence-electron chi connectivity index (χ2n) is 7.35. The molecule has 0 unspecified atom stereocenters. The van der Waals surface area contributed by atoms with Crippen LogP contribution in [-0.4, -0.2) is 31.3 Å². The van der Waals surface area contributed by atoms with Crippen LogP contribution in [-0.2, 0) is 4.79 Å². The van der Waals surface area contributed by atoms with Crippen LogP contribution in [0.2, 0.25) is 5.02 Å². The molecular formula is C19H26ClNO3. The fraction of sp³-hybridized carbons (Fsp3) is 0.632. The van der Waals surface area contributed by atoms with Crippen LogP contribution in [0.4, 0.5) is 5.69 Å². The summed E-state index contributed by atoms with van der Waals surface area (Å²) in [7, 11) is 1.67. The van der Waals surface area contributed by atoms with Crippen LogP contribution in [0.25, 0.3) is 0 Å². The monoisotopic (exact) mass is 351 g/mol. The summed E-state index contributed by atoms with van der Waals surface area (Å²) in [6.45, 7) is 2.02. The van der Waals surface area contributed by atoms with E-state index in [1.54, 1.807) is 7.11 Å². The molecule has 0 amide bonds. The van der Waals surface area contributed by atoms with Gasteiger partial charge in [0.15, 0.2) is 0 Å². The summed E-state index contributed by atoms with van der Waals surface area (Å²) in [6, 6.07) is 5.81. The predicted molar refractivity (Wildman–Crippen MR) is 96.1 cm³/mol. The average Bonchev–Trinajstić information content (AvgIpc) is 2.58. The van der Waals surface area contributed by atoms with Crippen molar-refractivity contribution >= 4 is 23.3 Å². The fourth-order valence-corrected chi connectivity index (χ4v) is 4.56. The molecule has 0 radical (unpaired) electrons. The maximum absolute atomic E-state index is 10.9. The maximum Gasteiger partial charge on any atom is 0.303 e. The molecule has 1 saturated heterocycles. The van der Waals surface area contributed by atoms with Crippen LogP contribution in [0.15, 0.2) is 18.2 Å². The van der Waals surface area contributed by atoms with E-state index < -0.39 is 5.97 Å². The van der Waals surface area contributed by atoms with E-state index in [2.05, 4.69) is 4.90 Å². The Bertz CT molecular complexity index is 586. The Hall–Kier alpha value is -1.42. The number of benzene rings is 1. The van der Waals surface area contributed by atoms with Crippen molar-refractivity contribution in [3.05, 3.63) is 23.2 Å². The van der Waals surface area contributed by atoms with Gasteiger partial charge in [0.2, 0.25) is 0 Å². The zero-order valence-corrected chi connectivity index (χ0v) is 15.0. The predicted octanol–water partition coefficient (Wildman–Crippen LogP) is 4.60. The van der Waals surface area contributed by atoms with E-state index in [-0.39, 0.29) is 0 Å². The number of rotatable bonds is 4. The van der Waals surface area contributed by atoms with Crippen LogP contribution in [0.1, 0.15) is 44.9 Å². The third-order valence-electron chi connectivity index (χ3n) is 5.95. The SMILES string of the molecule is COc1ccc(Cl)c(N2CCC3(CCC(CC(=O)O)CC3)CC2)c1. The molecular weight excluding hydrogens is 326 g/mol. The molecule has 0 atom stereocenters.